The lowest BCUT2D eigenvalue weighted by Gasteiger charge is -2.10. The molecule has 2 amide bonds. The van der Waals surface area contributed by atoms with E-state index in [-0.39, 0.29) is 12.1 Å². The van der Waals surface area contributed by atoms with Crippen LogP contribution >= 0.6 is 0 Å². The van der Waals surface area contributed by atoms with Gasteiger partial charge in [0.05, 0.1) is 19.0 Å². The Morgan fingerprint density at radius 3 is 2.50 bits per heavy atom. The third-order valence-corrected chi connectivity index (χ3v) is 3.01. The van der Waals surface area contributed by atoms with Gasteiger partial charge in [0, 0.05) is 11.6 Å². The van der Waals surface area contributed by atoms with E-state index in [9.17, 15) is 27.2 Å². The maximum Gasteiger partial charge on any atom is 0.387 e. The van der Waals surface area contributed by atoms with E-state index in [1.54, 1.807) is 12.1 Å². The molecule has 0 saturated carbocycles. The molecule has 2 aromatic rings. The number of carbonyl (C=O) groups is 2. The summed E-state index contributed by atoms with van der Waals surface area (Å²) < 4.78 is 62.6. The molecule has 0 radical (unpaired) electrons. The second kappa shape index (κ2) is 9.94. The highest BCUT2D eigenvalue weighted by Crippen LogP contribution is 2.26. The number of rotatable bonds is 8. The van der Waals surface area contributed by atoms with Gasteiger partial charge in [-0.1, -0.05) is 0 Å². The minimum atomic E-state index is -3.24. The zero-order valence-corrected chi connectivity index (χ0v) is 13.9. The second-order valence-corrected chi connectivity index (χ2v) is 4.92. The molecule has 1 aromatic carbocycles. The van der Waals surface area contributed by atoms with Crippen LogP contribution in [0.3, 0.4) is 0 Å². The van der Waals surface area contributed by atoms with Crippen molar-refractivity contribution in [2.75, 3.05) is 0 Å². The molecule has 150 valence electrons. The molecular formula is C16H13F4N3O5. The van der Waals surface area contributed by atoms with Crippen molar-refractivity contribution in [1.29, 1.82) is 0 Å². The number of amides is 2. The second-order valence-electron chi connectivity index (χ2n) is 4.92. The molecule has 0 unspecified atom stereocenters. The fourth-order valence-electron chi connectivity index (χ4n) is 1.87. The lowest BCUT2D eigenvalue weighted by molar-refractivity contribution is -0.139. The van der Waals surface area contributed by atoms with Gasteiger partial charge in [0.2, 0.25) is 0 Å². The molecule has 2 rings (SSSR count). The molecule has 0 aliphatic rings. The Balaban J connectivity index is 1.97. The summed E-state index contributed by atoms with van der Waals surface area (Å²) in [4.78, 5) is 23.2. The predicted molar refractivity (Wildman–Crippen MR) is 86.0 cm³/mol. The van der Waals surface area contributed by atoms with Crippen LogP contribution in [0, 0.1) is 0 Å². The van der Waals surface area contributed by atoms with Gasteiger partial charge in [0.1, 0.15) is 17.3 Å². The van der Waals surface area contributed by atoms with Crippen LogP contribution in [0.15, 0.2) is 46.1 Å². The van der Waals surface area contributed by atoms with Crippen molar-refractivity contribution in [2.24, 2.45) is 5.10 Å². The number of alkyl halides is 4. The van der Waals surface area contributed by atoms with Crippen LogP contribution < -0.4 is 20.2 Å². The average molecular weight is 403 g/mol. The lowest BCUT2D eigenvalue weighted by Crippen LogP contribution is -2.37. The molecular weight excluding hydrogens is 390 g/mol. The van der Waals surface area contributed by atoms with Crippen molar-refractivity contribution < 1.29 is 41.0 Å². The third kappa shape index (κ3) is 6.63. The number of halogens is 4. The number of furan rings is 1. The first-order valence-electron chi connectivity index (χ1n) is 7.52. The van der Waals surface area contributed by atoms with Crippen LogP contribution in [0.5, 0.6) is 11.5 Å². The normalized spacial score (nSPS) is 11.1. The molecule has 12 heteroatoms. The first kappa shape index (κ1) is 20.7. The standard InChI is InChI=1S/C16H13F4N3O5/c17-15(18)27-10-4-3-9(12(6-10)28-16(19)20)7-22-23-14(25)13(24)21-8-11-2-1-5-26-11/h1-7,15-16H,8H2,(H,21,24)(H,23,25)/b22-7-. The summed E-state index contributed by atoms with van der Waals surface area (Å²) in [6.07, 6.45) is 2.28. The summed E-state index contributed by atoms with van der Waals surface area (Å²) in [7, 11) is 0. The Morgan fingerprint density at radius 2 is 1.86 bits per heavy atom. The van der Waals surface area contributed by atoms with Crippen LogP contribution in [-0.4, -0.2) is 31.3 Å². The molecule has 0 spiro atoms. The summed E-state index contributed by atoms with van der Waals surface area (Å²) in [6, 6.07) is 6.15. The van der Waals surface area contributed by atoms with Gasteiger partial charge in [0.15, 0.2) is 0 Å². The van der Waals surface area contributed by atoms with Crippen LogP contribution in [0.1, 0.15) is 11.3 Å². The highest BCUT2D eigenvalue weighted by atomic mass is 19.3. The number of hydrogen-bond acceptors (Lipinski definition) is 6. The van der Waals surface area contributed by atoms with E-state index < -0.39 is 36.5 Å². The predicted octanol–water partition coefficient (Wildman–Crippen LogP) is 2.25. The van der Waals surface area contributed by atoms with E-state index in [0.29, 0.717) is 5.76 Å². The molecule has 0 fully saturated rings. The van der Waals surface area contributed by atoms with Crippen molar-refractivity contribution >= 4 is 18.0 Å². The van der Waals surface area contributed by atoms with Gasteiger partial charge in [-0.15, -0.1) is 0 Å². The van der Waals surface area contributed by atoms with Crippen LogP contribution in [-0.2, 0) is 16.1 Å². The zero-order valence-electron chi connectivity index (χ0n) is 13.9. The summed E-state index contributed by atoms with van der Waals surface area (Å²) >= 11 is 0. The summed E-state index contributed by atoms with van der Waals surface area (Å²) in [5.41, 5.74) is 1.80. The number of hydrogen-bond donors (Lipinski definition) is 2. The number of nitrogens with zero attached hydrogens (tertiary/aromatic N) is 1. The fourth-order valence-corrected chi connectivity index (χ4v) is 1.87. The largest absolute Gasteiger partial charge is 0.467 e. The molecule has 1 heterocycles. The molecule has 28 heavy (non-hydrogen) atoms. The quantitative estimate of drug-likeness (QED) is 0.305. The topological polar surface area (TPSA) is 102 Å². The summed E-state index contributed by atoms with van der Waals surface area (Å²) in [5.74, 6) is -2.66. The minimum Gasteiger partial charge on any atom is -0.467 e. The summed E-state index contributed by atoms with van der Waals surface area (Å²) in [6.45, 7) is -6.42. The van der Waals surface area contributed by atoms with Gasteiger partial charge in [-0.3, -0.25) is 9.59 Å². The minimum absolute atomic E-state index is 0.0268. The molecule has 1 aromatic heterocycles. The van der Waals surface area contributed by atoms with E-state index in [0.717, 1.165) is 24.4 Å². The molecule has 0 aliphatic heterocycles. The average Bonchev–Trinajstić information content (AvgIpc) is 3.14. The van der Waals surface area contributed by atoms with Crippen molar-refractivity contribution in [3.63, 3.8) is 0 Å². The number of ether oxygens (including phenoxy) is 2. The SMILES string of the molecule is O=C(NCc1ccco1)C(=O)N/N=C\c1ccc(OC(F)F)cc1OC(F)F. The zero-order chi connectivity index (χ0) is 20.5. The lowest BCUT2D eigenvalue weighted by atomic mass is 10.2. The van der Waals surface area contributed by atoms with Gasteiger partial charge < -0.3 is 19.2 Å². The van der Waals surface area contributed by atoms with Crippen molar-refractivity contribution in [1.82, 2.24) is 10.7 Å². The van der Waals surface area contributed by atoms with Crippen LogP contribution in [0.2, 0.25) is 0 Å². The van der Waals surface area contributed by atoms with Crippen LogP contribution in [0.4, 0.5) is 17.6 Å². The highest BCUT2D eigenvalue weighted by Gasteiger charge is 2.14. The van der Waals surface area contributed by atoms with Gasteiger partial charge in [0.25, 0.3) is 0 Å². The first-order valence-corrected chi connectivity index (χ1v) is 7.52. The van der Waals surface area contributed by atoms with E-state index in [1.807, 2.05) is 5.43 Å². The Hall–Kier alpha value is -3.57. The van der Waals surface area contributed by atoms with Crippen molar-refractivity contribution in [3.05, 3.63) is 47.9 Å². The van der Waals surface area contributed by atoms with Gasteiger partial charge in [-0.05, 0) is 24.3 Å². The Bertz CT molecular complexity index is 828. The number of benzene rings is 1. The Kier molecular flexibility index (Phi) is 7.37. The van der Waals surface area contributed by atoms with E-state index in [2.05, 4.69) is 19.9 Å². The van der Waals surface area contributed by atoms with Crippen molar-refractivity contribution in [2.45, 2.75) is 19.8 Å². The maximum absolute atomic E-state index is 12.5. The molecule has 2 N–H and O–H groups in total. The molecule has 8 nitrogen and oxygen atoms in total. The monoisotopic (exact) mass is 403 g/mol. The molecule has 0 saturated heterocycles. The molecule has 0 atom stereocenters. The maximum atomic E-state index is 12.5. The number of hydrazone groups is 1. The van der Waals surface area contributed by atoms with Crippen molar-refractivity contribution in [3.8, 4) is 11.5 Å². The highest BCUT2D eigenvalue weighted by molar-refractivity contribution is 6.35. The van der Waals surface area contributed by atoms with E-state index >= 15 is 0 Å². The molecule has 0 bridgehead atoms. The number of carbonyl (C=O) groups excluding carboxylic acids is 2. The van der Waals surface area contributed by atoms with Gasteiger partial charge in [-0.2, -0.15) is 22.7 Å². The molecule has 0 aliphatic carbocycles. The van der Waals surface area contributed by atoms with E-state index in [4.69, 9.17) is 4.42 Å². The van der Waals surface area contributed by atoms with Crippen LogP contribution in [0.25, 0.3) is 0 Å². The Labute approximate surface area is 155 Å². The van der Waals surface area contributed by atoms with E-state index in [1.165, 1.54) is 6.26 Å². The van der Waals surface area contributed by atoms with Gasteiger partial charge in [-0.25, -0.2) is 5.43 Å². The third-order valence-electron chi connectivity index (χ3n) is 3.01. The fraction of sp³-hybridized carbons (Fsp3) is 0.188. The number of nitrogens with one attached hydrogen (secondary N) is 2. The first-order chi connectivity index (χ1) is 13.3. The smallest absolute Gasteiger partial charge is 0.387 e. The summed E-state index contributed by atoms with van der Waals surface area (Å²) in [5, 5.41) is 5.71. The van der Waals surface area contributed by atoms with Gasteiger partial charge >= 0.3 is 25.0 Å². The Morgan fingerprint density at radius 1 is 1.11 bits per heavy atom.